The molecule has 1 fully saturated rings. The van der Waals surface area contributed by atoms with Crippen molar-refractivity contribution in [2.75, 3.05) is 18.5 Å². The first-order valence-electron chi connectivity index (χ1n) is 9.15. The summed E-state index contributed by atoms with van der Waals surface area (Å²) in [5, 5.41) is 14.8. The van der Waals surface area contributed by atoms with Crippen LogP contribution in [-0.4, -0.2) is 41.3 Å². The van der Waals surface area contributed by atoms with Crippen molar-refractivity contribution in [1.82, 2.24) is 15.5 Å². The lowest BCUT2D eigenvalue weighted by atomic mass is 10.1. The monoisotopic (exact) mass is 388 g/mol. The van der Waals surface area contributed by atoms with Gasteiger partial charge in [-0.15, -0.1) is 10.2 Å². The molecule has 1 aromatic heterocycles. The van der Waals surface area contributed by atoms with Crippen LogP contribution in [0.3, 0.4) is 0 Å². The fourth-order valence-corrected chi connectivity index (χ4v) is 3.76. The van der Waals surface area contributed by atoms with Gasteiger partial charge in [-0.3, -0.25) is 9.59 Å². The van der Waals surface area contributed by atoms with Crippen molar-refractivity contribution in [3.8, 4) is 0 Å². The molecule has 1 aromatic carbocycles. The highest BCUT2D eigenvalue weighted by atomic mass is 32.1. The Morgan fingerprint density at radius 1 is 1.30 bits per heavy atom. The molecular weight excluding hydrogens is 364 g/mol. The molecule has 0 spiro atoms. The van der Waals surface area contributed by atoms with Crippen LogP contribution < -0.4 is 10.6 Å². The van der Waals surface area contributed by atoms with Gasteiger partial charge in [0.2, 0.25) is 5.01 Å². The molecule has 1 aliphatic rings. The number of anilines is 1. The van der Waals surface area contributed by atoms with E-state index in [1.54, 1.807) is 24.3 Å². The van der Waals surface area contributed by atoms with Crippen LogP contribution in [0.25, 0.3) is 0 Å². The number of amides is 2. The molecule has 1 unspecified atom stereocenters. The van der Waals surface area contributed by atoms with Crippen molar-refractivity contribution in [2.45, 2.75) is 39.2 Å². The summed E-state index contributed by atoms with van der Waals surface area (Å²) in [5.41, 5.74) is 1.04. The Kier molecular flexibility index (Phi) is 6.52. The van der Waals surface area contributed by atoms with Gasteiger partial charge in [-0.1, -0.05) is 31.3 Å². The molecule has 2 aromatic rings. The molecule has 2 amide bonds. The first kappa shape index (κ1) is 19.4. The van der Waals surface area contributed by atoms with Gasteiger partial charge >= 0.3 is 0 Å². The number of hydrogen-bond donors (Lipinski definition) is 2. The average Bonchev–Trinajstić information content (AvgIpc) is 3.31. The minimum atomic E-state index is -0.320. The van der Waals surface area contributed by atoms with Crippen molar-refractivity contribution in [3.63, 3.8) is 0 Å². The first-order chi connectivity index (χ1) is 13.0. The fraction of sp³-hybridized carbons (Fsp3) is 0.474. The predicted molar refractivity (Wildman–Crippen MR) is 104 cm³/mol. The van der Waals surface area contributed by atoms with Crippen LogP contribution in [0.1, 0.15) is 51.9 Å². The van der Waals surface area contributed by atoms with Crippen molar-refractivity contribution in [1.29, 1.82) is 0 Å². The summed E-state index contributed by atoms with van der Waals surface area (Å²) in [6, 6.07) is 6.84. The number of benzene rings is 1. The van der Waals surface area contributed by atoms with E-state index in [1.165, 1.54) is 11.3 Å². The average molecular weight is 388 g/mol. The van der Waals surface area contributed by atoms with E-state index in [4.69, 9.17) is 4.74 Å². The van der Waals surface area contributed by atoms with Gasteiger partial charge < -0.3 is 15.4 Å². The summed E-state index contributed by atoms with van der Waals surface area (Å²) in [6.07, 6.45) is 2.89. The minimum Gasteiger partial charge on any atom is -0.376 e. The zero-order chi connectivity index (χ0) is 19.2. The third-order valence-corrected chi connectivity index (χ3v) is 5.09. The molecule has 0 aliphatic carbocycles. The van der Waals surface area contributed by atoms with E-state index in [9.17, 15) is 9.59 Å². The molecule has 144 valence electrons. The normalized spacial score (nSPS) is 16.5. The number of aromatic nitrogens is 2. The second-order valence-electron chi connectivity index (χ2n) is 6.98. The standard InChI is InChI=1S/C19H24N4O3S/c1-12(2)9-16-22-23-19(27-16)18(25)21-14-6-3-5-13(10-14)17(24)20-11-15-7-4-8-26-15/h3,5-6,10,12,15H,4,7-9,11H2,1-2H3,(H,20,24)(H,21,25). The SMILES string of the molecule is CC(C)Cc1nnc(C(=O)Nc2cccc(C(=O)NCC3CCCO3)c2)s1. The Morgan fingerprint density at radius 2 is 2.15 bits per heavy atom. The van der Waals surface area contributed by atoms with Gasteiger partial charge in [-0.25, -0.2) is 0 Å². The molecule has 1 saturated heterocycles. The lowest BCUT2D eigenvalue weighted by Crippen LogP contribution is -2.31. The van der Waals surface area contributed by atoms with E-state index < -0.39 is 0 Å². The number of hydrogen-bond acceptors (Lipinski definition) is 6. The van der Waals surface area contributed by atoms with E-state index in [1.807, 2.05) is 0 Å². The molecule has 2 heterocycles. The van der Waals surface area contributed by atoms with E-state index in [0.717, 1.165) is 30.9 Å². The first-order valence-corrected chi connectivity index (χ1v) is 9.96. The van der Waals surface area contributed by atoms with Gasteiger partial charge in [0.15, 0.2) is 0 Å². The third kappa shape index (κ3) is 5.58. The van der Waals surface area contributed by atoms with E-state index in [2.05, 4.69) is 34.7 Å². The number of carbonyl (C=O) groups excluding carboxylic acids is 2. The van der Waals surface area contributed by atoms with Crippen LogP contribution in [-0.2, 0) is 11.2 Å². The maximum atomic E-state index is 12.4. The van der Waals surface area contributed by atoms with Crippen molar-refractivity contribution in [2.24, 2.45) is 5.92 Å². The Labute approximate surface area is 162 Å². The summed E-state index contributed by atoms with van der Waals surface area (Å²) in [6.45, 7) is 5.44. The third-order valence-electron chi connectivity index (χ3n) is 4.14. The molecule has 1 aliphatic heterocycles. The zero-order valence-electron chi connectivity index (χ0n) is 15.5. The van der Waals surface area contributed by atoms with E-state index in [0.29, 0.717) is 28.7 Å². The predicted octanol–water partition coefficient (Wildman–Crippen LogP) is 2.90. The highest BCUT2D eigenvalue weighted by molar-refractivity contribution is 7.13. The van der Waals surface area contributed by atoms with Crippen LogP contribution in [0.5, 0.6) is 0 Å². The topological polar surface area (TPSA) is 93.2 Å². The Bertz CT molecular complexity index is 800. The lowest BCUT2D eigenvalue weighted by Gasteiger charge is -2.11. The van der Waals surface area contributed by atoms with Gasteiger partial charge in [0.25, 0.3) is 11.8 Å². The van der Waals surface area contributed by atoms with Crippen molar-refractivity contribution in [3.05, 3.63) is 39.8 Å². The van der Waals surface area contributed by atoms with Gasteiger partial charge in [0.05, 0.1) is 6.10 Å². The number of carbonyl (C=O) groups is 2. The summed E-state index contributed by atoms with van der Waals surface area (Å²) < 4.78 is 5.51. The van der Waals surface area contributed by atoms with Crippen LogP contribution in [0.2, 0.25) is 0 Å². The second-order valence-corrected chi connectivity index (χ2v) is 8.04. The largest absolute Gasteiger partial charge is 0.376 e. The summed E-state index contributed by atoms with van der Waals surface area (Å²) in [5.74, 6) is -0.0464. The lowest BCUT2D eigenvalue weighted by molar-refractivity contribution is 0.0857. The maximum absolute atomic E-state index is 12.4. The van der Waals surface area contributed by atoms with Crippen LogP contribution in [0, 0.1) is 5.92 Å². The van der Waals surface area contributed by atoms with E-state index in [-0.39, 0.29) is 17.9 Å². The number of nitrogens with zero attached hydrogens (tertiary/aromatic N) is 2. The number of ether oxygens (including phenoxy) is 1. The van der Waals surface area contributed by atoms with Crippen LogP contribution >= 0.6 is 11.3 Å². The van der Waals surface area contributed by atoms with Crippen molar-refractivity contribution < 1.29 is 14.3 Å². The molecule has 2 N–H and O–H groups in total. The summed E-state index contributed by atoms with van der Waals surface area (Å²) in [7, 11) is 0. The van der Waals surface area contributed by atoms with Gasteiger partial charge in [-0.2, -0.15) is 0 Å². The molecular formula is C19H24N4O3S. The van der Waals surface area contributed by atoms with Gasteiger partial charge in [0.1, 0.15) is 5.01 Å². The van der Waals surface area contributed by atoms with Gasteiger partial charge in [-0.05, 0) is 37.0 Å². The van der Waals surface area contributed by atoms with Crippen LogP contribution in [0.15, 0.2) is 24.3 Å². The van der Waals surface area contributed by atoms with Crippen molar-refractivity contribution >= 4 is 28.8 Å². The van der Waals surface area contributed by atoms with Crippen LogP contribution in [0.4, 0.5) is 5.69 Å². The fourth-order valence-electron chi connectivity index (χ4n) is 2.81. The quantitative estimate of drug-likeness (QED) is 0.761. The summed E-state index contributed by atoms with van der Waals surface area (Å²) in [4.78, 5) is 24.7. The molecule has 3 rings (SSSR count). The molecule has 8 heteroatoms. The highest BCUT2D eigenvalue weighted by Gasteiger charge is 2.17. The smallest absolute Gasteiger partial charge is 0.286 e. The molecule has 1 atom stereocenters. The molecule has 7 nitrogen and oxygen atoms in total. The maximum Gasteiger partial charge on any atom is 0.286 e. The highest BCUT2D eigenvalue weighted by Crippen LogP contribution is 2.17. The Balaban J connectivity index is 1.58. The number of nitrogens with one attached hydrogen (secondary N) is 2. The minimum absolute atomic E-state index is 0.0919. The van der Waals surface area contributed by atoms with Gasteiger partial charge in [0, 0.05) is 30.8 Å². The zero-order valence-corrected chi connectivity index (χ0v) is 16.3. The molecule has 0 bridgehead atoms. The molecule has 0 radical (unpaired) electrons. The van der Waals surface area contributed by atoms with E-state index >= 15 is 0 Å². The number of rotatable bonds is 7. The summed E-state index contributed by atoms with van der Waals surface area (Å²) >= 11 is 1.29. The Morgan fingerprint density at radius 3 is 2.89 bits per heavy atom. The molecule has 27 heavy (non-hydrogen) atoms. The Hall–Kier alpha value is -2.32. The molecule has 0 saturated carbocycles. The second kappa shape index (κ2) is 9.05.